The highest BCUT2D eigenvalue weighted by atomic mass is 16.3. The van der Waals surface area contributed by atoms with Crippen LogP contribution in [0.25, 0.3) is 0 Å². The number of likely N-dealkylation sites (tertiary alicyclic amines) is 1. The third kappa shape index (κ3) is 2.82. The van der Waals surface area contributed by atoms with Crippen LogP contribution in [-0.4, -0.2) is 47.6 Å². The van der Waals surface area contributed by atoms with Gasteiger partial charge in [-0.1, -0.05) is 18.2 Å². The molecule has 2 rings (SSSR count). The van der Waals surface area contributed by atoms with E-state index >= 15 is 0 Å². The summed E-state index contributed by atoms with van der Waals surface area (Å²) < 4.78 is 0. The molecule has 5 nitrogen and oxygen atoms in total. The number of nitrogens with one attached hydrogen (secondary N) is 1. The van der Waals surface area contributed by atoms with Gasteiger partial charge in [0.05, 0.1) is 12.6 Å². The molecule has 0 aliphatic carbocycles. The van der Waals surface area contributed by atoms with Crippen LogP contribution in [0.1, 0.15) is 10.4 Å². The number of nitrogens with zero attached hydrogens (tertiary/aromatic N) is 1. The summed E-state index contributed by atoms with van der Waals surface area (Å²) in [6, 6.07) is 8.73. The lowest BCUT2D eigenvalue weighted by Gasteiger charge is -2.35. The number of carbonyl (C=O) groups is 2. The zero-order valence-corrected chi connectivity index (χ0v) is 9.30. The van der Waals surface area contributed by atoms with Crippen molar-refractivity contribution >= 4 is 11.8 Å². The summed E-state index contributed by atoms with van der Waals surface area (Å²) in [6.07, 6.45) is -0.413. The van der Waals surface area contributed by atoms with Crippen LogP contribution in [0.2, 0.25) is 0 Å². The van der Waals surface area contributed by atoms with Gasteiger partial charge >= 0.3 is 0 Å². The van der Waals surface area contributed by atoms with Gasteiger partial charge in [0.25, 0.3) is 5.91 Å². The van der Waals surface area contributed by atoms with Crippen molar-refractivity contribution in [2.45, 2.75) is 6.10 Å². The number of aliphatic hydroxyl groups excluding tert-OH is 1. The van der Waals surface area contributed by atoms with E-state index in [1.807, 2.05) is 6.07 Å². The van der Waals surface area contributed by atoms with Gasteiger partial charge in [0.1, 0.15) is 0 Å². The topological polar surface area (TPSA) is 69.6 Å². The third-order valence-electron chi connectivity index (χ3n) is 2.65. The van der Waals surface area contributed by atoms with Crippen LogP contribution in [0.15, 0.2) is 30.3 Å². The second kappa shape index (κ2) is 4.97. The molecule has 0 unspecified atom stereocenters. The number of carbonyl (C=O) groups excluding carboxylic acids is 2. The summed E-state index contributed by atoms with van der Waals surface area (Å²) in [4.78, 5) is 24.6. The molecule has 0 atom stereocenters. The highest BCUT2D eigenvalue weighted by Crippen LogP contribution is 2.06. The molecule has 90 valence electrons. The van der Waals surface area contributed by atoms with Crippen LogP contribution in [0, 0.1) is 0 Å². The molecule has 0 radical (unpaired) electrons. The van der Waals surface area contributed by atoms with Crippen LogP contribution >= 0.6 is 0 Å². The molecule has 1 aliphatic heterocycles. The first kappa shape index (κ1) is 11.6. The van der Waals surface area contributed by atoms with Crippen molar-refractivity contribution in [1.29, 1.82) is 0 Å². The molecule has 1 saturated heterocycles. The minimum atomic E-state index is -0.413. The van der Waals surface area contributed by atoms with Gasteiger partial charge in [-0.15, -0.1) is 0 Å². The van der Waals surface area contributed by atoms with Gasteiger partial charge in [-0.05, 0) is 12.1 Å². The van der Waals surface area contributed by atoms with E-state index in [4.69, 9.17) is 5.11 Å². The standard InChI is InChI=1S/C12H14N2O3/c15-10-7-14(8-10)11(16)6-13-12(17)9-4-2-1-3-5-9/h1-5,10,15H,6-8H2,(H,13,17). The number of β-amino-alcohol motifs (C(OH)–C–C–N with tert-alkyl or cyclic N) is 1. The van der Waals surface area contributed by atoms with Gasteiger partial charge in [-0.3, -0.25) is 9.59 Å². The van der Waals surface area contributed by atoms with Gasteiger partial charge in [0.15, 0.2) is 0 Å². The average Bonchev–Trinajstić information content (AvgIpc) is 2.32. The van der Waals surface area contributed by atoms with Crippen LogP contribution in [-0.2, 0) is 4.79 Å². The Labute approximate surface area is 99.0 Å². The summed E-state index contributed by atoms with van der Waals surface area (Å²) >= 11 is 0. The van der Waals surface area contributed by atoms with Crippen LogP contribution < -0.4 is 5.32 Å². The zero-order valence-electron chi connectivity index (χ0n) is 9.30. The van der Waals surface area contributed by atoms with Crippen molar-refractivity contribution in [3.63, 3.8) is 0 Å². The highest BCUT2D eigenvalue weighted by molar-refractivity contribution is 5.96. The Balaban J connectivity index is 1.79. The van der Waals surface area contributed by atoms with Gasteiger partial charge in [0.2, 0.25) is 5.91 Å². The summed E-state index contributed by atoms with van der Waals surface area (Å²) in [5.41, 5.74) is 0.531. The Bertz CT molecular complexity index is 413. The van der Waals surface area contributed by atoms with Crippen molar-refractivity contribution in [3.05, 3.63) is 35.9 Å². The molecular weight excluding hydrogens is 220 g/mol. The Morgan fingerprint density at radius 2 is 1.94 bits per heavy atom. The molecule has 1 fully saturated rings. The fourth-order valence-corrected chi connectivity index (χ4v) is 1.62. The molecule has 2 N–H and O–H groups in total. The lowest BCUT2D eigenvalue weighted by molar-refractivity contribution is -0.140. The first-order valence-corrected chi connectivity index (χ1v) is 5.46. The predicted octanol–water partition coefficient (Wildman–Crippen LogP) is -0.380. The second-order valence-corrected chi connectivity index (χ2v) is 4.00. The van der Waals surface area contributed by atoms with Crippen LogP contribution in [0.5, 0.6) is 0 Å². The second-order valence-electron chi connectivity index (χ2n) is 4.00. The molecule has 1 aliphatic rings. The SMILES string of the molecule is O=C(NCC(=O)N1CC(O)C1)c1ccccc1. The molecule has 5 heteroatoms. The number of benzene rings is 1. The van der Waals surface area contributed by atoms with E-state index < -0.39 is 6.10 Å². The number of hydrogen-bond acceptors (Lipinski definition) is 3. The third-order valence-corrected chi connectivity index (χ3v) is 2.65. The maximum atomic E-state index is 11.6. The molecule has 1 heterocycles. The summed E-state index contributed by atoms with van der Waals surface area (Å²) in [6.45, 7) is 0.695. The minimum absolute atomic E-state index is 0.0273. The van der Waals surface area contributed by atoms with Crippen molar-refractivity contribution in [2.24, 2.45) is 0 Å². The molecule has 17 heavy (non-hydrogen) atoms. The first-order chi connectivity index (χ1) is 8.16. The summed E-state index contributed by atoms with van der Waals surface area (Å²) in [5, 5.41) is 11.6. The van der Waals surface area contributed by atoms with Gasteiger partial charge in [0, 0.05) is 18.7 Å². The van der Waals surface area contributed by atoms with E-state index in [0.717, 1.165) is 0 Å². The molecule has 0 bridgehead atoms. The first-order valence-electron chi connectivity index (χ1n) is 5.46. The Kier molecular flexibility index (Phi) is 3.39. The molecule has 0 spiro atoms. The Morgan fingerprint density at radius 3 is 2.53 bits per heavy atom. The number of rotatable bonds is 3. The highest BCUT2D eigenvalue weighted by Gasteiger charge is 2.28. The fourth-order valence-electron chi connectivity index (χ4n) is 1.62. The maximum absolute atomic E-state index is 11.6. The van der Waals surface area contributed by atoms with Crippen molar-refractivity contribution in [3.8, 4) is 0 Å². The molecule has 2 amide bonds. The average molecular weight is 234 g/mol. The minimum Gasteiger partial charge on any atom is -0.389 e. The van der Waals surface area contributed by atoms with Gasteiger partial charge in [-0.2, -0.15) is 0 Å². The van der Waals surface area contributed by atoms with Crippen molar-refractivity contribution < 1.29 is 14.7 Å². The number of amides is 2. The Hall–Kier alpha value is -1.88. The van der Waals surface area contributed by atoms with E-state index in [2.05, 4.69) is 5.32 Å². The van der Waals surface area contributed by atoms with Crippen molar-refractivity contribution in [1.82, 2.24) is 10.2 Å². The molecule has 1 aromatic rings. The monoisotopic (exact) mass is 234 g/mol. The van der Waals surface area contributed by atoms with E-state index in [9.17, 15) is 9.59 Å². The van der Waals surface area contributed by atoms with E-state index in [-0.39, 0.29) is 18.4 Å². The number of hydrogen-bond donors (Lipinski definition) is 2. The van der Waals surface area contributed by atoms with E-state index in [1.165, 1.54) is 4.90 Å². The Morgan fingerprint density at radius 1 is 1.29 bits per heavy atom. The number of aliphatic hydroxyl groups is 1. The summed E-state index contributed by atoms with van der Waals surface area (Å²) in [5.74, 6) is -0.431. The smallest absolute Gasteiger partial charge is 0.251 e. The van der Waals surface area contributed by atoms with E-state index in [1.54, 1.807) is 24.3 Å². The maximum Gasteiger partial charge on any atom is 0.251 e. The molecule has 1 aromatic carbocycles. The molecule has 0 aromatic heterocycles. The predicted molar refractivity (Wildman–Crippen MR) is 61.4 cm³/mol. The van der Waals surface area contributed by atoms with Crippen LogP contribution in [0.3, 0.4) is 0 Å². The van der Waals surface area contributed by atoms with Crippen LogP contribution in [0.4, 0.5) is 0 Å². The fraction of sp³-hybridized carbons (Fsp3) is 0.333. The van der Waals surface area contributed by atoms with Crippen molar-refractivity contribution in [2.75, 3.05) is 19.6 Å². The molecule has 0 saturated carbocycles. The molecular formula is C12H14N2O3. The largest absolute Gasteiger partial charge is 0.389 e. The van der Waals surface area contributed by atoms with E-state index in [0.29, 0.717) is 18.7 Å². The van der Waals surface area contributed by atoms with Gasteiger partial charge in [-0.25, -0.2) is 0 Å². The van der Waals surface area contributed by atoms with Gasteiger partial charge < -0.3 is 15.3 Å². The lowest BCUT2D eigenvalue weighted by atomic mass is 10.1. The lowest BCUT2D eigenvalue weighted by Crippen LogP contribution is -2.55. The summed E-state index contributed by atoms with van der Waals surface area (Å²) in [7, 11) is 0. The quantitative estimate of drug-likeness (QED) is 0.749. The normalized spacial score (nSPS) is 15.2. The zero-order chi connectivity index (χ0) is 12.3.